The normalized spacial score (nSPS) is 22.7. The van der Waals surface area contributed by atoms with E-state index in [0.717, 1.165) is 24.5 Å². The Morgan fingerprint density at radius 2 is 1.83 bits per heavy atom. The molecule has 1 amide bonds. The summed E-state index contributed by atoms with van der Waals surface area (Å²) in [5, 5.41) is 0. The summed E-state index contributed by atoms with van der Waals surface area (Å²) in [5.41, 5.74) is 1.67. The second-order valence-corrected chi connectivity index (χ2v) is 7.28. The van der Waals surface area contributed by atoms with Gasteiger partial charge in [-0.2, -0.15) is 8.42 Å². The Morgan fingerprint density at radius 1 is 1.17 bits per heavy atom. The lowest BCUT2D eigenvalue weighted by molar-refractivity contribution is -0.117. The van der Waals surface area contributed by atoms with E-state index in [4.69, 9.17) is 4.74 Å². The van der Waals surface area contributed by atoms with Crippen molar-refractivity contribution in [1.29, 1.82) is 0 Å². The molecule has 0 bridgehead atoms. The van der Waals surface area contributed by atoms with Crippen LogP contribution >= 0.6 is 0 Å². The van der Waals surface area contributed by atoms with Crippen LogP contribution in [0, 0.1) is 5.92 Å². The summed E-state index contributed by atoms with van der Waals surface area (Å²) in [7, 11) is -4.57. The highest BCUT2D eigenvalue weighted by atomic mass is 32.3. The summed E-state index contributed by atoms with van der Waals surface area (Å²) < 4.78 is 39.9. The Hall–Kier alpha value is -1.67. The van der Waals surface area contributed by atoms with Gasteiger partial charge in [-0.05, 0) is 12.1 Å². The van der Waals surface area contributed by atoms with Crippen LogP contribution in [0.4, 0.5) is 15.3 Å². The molecule has 1 aromatic rings. The van der Waals surface area contributed by atoms with E-state index in [0.29, 0.717) is 13.2 Å². The van der Waals surface area contributed by atoms with Crippen LogP contribution in [-0.2, 0) is 19.8 Å². The smallest absolute Gasteiger partial charge is 0.302 e. The van der Waals surface area contributed by atoms with Gasteiger partial charge in [-0.15, -0.1) is 3.89 Å². The van der Waals surface area contributed by atoms with Crippen molar-refractivity contribution in [2.75, 3.05) is 48.4 Å². The highest BCUT2D eigenvalue weighted by molar-refractivity contribution is 7.86. The molecule has 1 aromatic carbocycles. The number of benzene rings is 1. The Balaban J connectivity index is 1.83. The molecule has 1 atom stereocenters. The molecule has 0 aliphatic carbocycles. The van der Waals surface area contributed by atoms with E-state index in [1.54, 1.807) is 4.90 Å². The van der Waals surface area contributed by atoms with Gasteiger partial charge in [0.25, 0.3) is 0 Å². The Morgan fingerprint density at radius 3 is 2.48 bits per heavy atom. The molecule has 126 valence electrons. The number of carbonyl (C=O) groups is 1. The van der Waals surface area contributed by atoms with Gasteiger partial charge in [0, 0.05) is 32.0 Å². The monoisotopic (exact) mass is 342 g/mol. The number of morpholine rings is 1. The van der Waals surface area contributed by atoms with Crippen molar-refractivity contribution >= 4 is 27.5 Å². The second kappa shape index (κ2) is 6.45. The molecule has 6 nitrogen and oxygen atoms in total. The van der Waals surface area contributed by atoms with Gasteiger partial charge >= 0.3 is 10.2 Å². The molecule has 0 saturated carbocycles. The minimum absolute atomic E-state index is 0.0561. The van der Waals surface area contributed by atoms with Crippen molar-refractivity contribution < 1.29 is 21.8 Å². The van der Waals surface area contributed by atoms with E-state index in [1.165, 1.54) is 0 Å². The molecule has 0 spiro atoms. The standard InChI is InChI=1S/C15H19FN2O4S/c16-23(20,21)11-12-9-15(19)18(10-12)14-4-2-1-3-13(14)17-5-7-22-8-6-17/h1-4,12H,5-11H2. The van der Waals surface area contributed by atoms with Gasteiger partial charge in [0.2, 0.25) is 5.91 Å². The number of rotatable bonds is 4. The summed E-state index contributed by atoms with van der Waals surface area (Å²) in [6, 6.07) is 7.52. The maximum Gasteiger partial charge on any atom is 0.302 e. The molecular formula is C15H19FN2O4S. The van der Waals surface area contributed by atoms with Crippen LogP contribution in [0.3, 0.4) is 0 Å². The lowest BCUT2D eigenvalue weighted by Crippen LogP contribution is -2.37. The van der Waals surface area contributed by atoms with Gasteiger partial charge < -0.3 is 14.5 Å². The van der Waals surface area contributed by atoms with Gasteiger partial charge in [-0.1, -0.05) is 12.1 Å². The Bertz CT molecular complexity index is 688. The molecule has 1 unspecified atom stereocenters. The van der Waals surface area contributed by atoms with E-state index >= 15 is 0 Å². The topological polar surface area (TPSA) is 66.9 Å². The van der Waals surface area contributed by atoms with Crippen LogP contribution in [-0.4, -0.2) is 52.9 Å². The predicted octanol–water partition coefficient (Wildman–Crippen LogP) is 1.18. The molecule has 2 fully saturated rings. The number of hydrogen-bond donors (Lipinski definition) is 0. The SMILES string of the molecule is O=C1CC(CS(=O)(=O)F)CN1c1ccccc1N1CCOCC1. The fourth-order valence-corrected chi connectivity index (χ4v) is 3.96. The molecule has 3 rings (SSSR count). The van der Waals surface area contributed by atoms with Crippen LogP contribution in [0.2, 0.25) is 0 Å². The zero-order chi connectivity index (χ0) is 16.4. The van der Waals surface area contributed by atoms with Gasteiger partial charge in [0.05, 0.1) is 30.3 Å². The summed E-state index contributed by atoms with van der Waals surface area (Å²) in [4.78, 5) is 16.0. The van der Waals surface area contributed by atoms with Crippen molar-refractivity contribution in [3.63, 3.8) is 0 Å². The first-order chi connectivity index (χ1) is 10.9. The highest BCUT2D eigenvalue weighted by Crippen LogP contribution is 2.34. The Labute approximate surface area is 135 Å². The first kappa shape index (κ1) is 16.2. The largest absolute Gasteiger partial charge is 0.378 e. The van der Waals surface area contributed by atoms with Crippen LogP contribution in [0.15, 0.2) is 24.3 Å². The fourth-order valence-electron chi connectivity index (χ4n) is 3.17. The summed E-state index contributed by atoms with van der Waals surface area (Å²) >= 11 is 0. The molecular weight excluding hydrogens is 323 g/mol. The first-order valence-corrected chi connectivity index (χ1v) is 9.14. The zero-order valence-electron chi connectivity index (χ0n) is 12.7. The summed E-state index contributed by atoms with van der Waals surface area (Å²) in [6.45, 7) is 2.96. The number of anilines is 2. The van der Waals surface area contributed by atoms with Gasteiger partial charge in [-0.25, -0.2) is 0 Å². The molecule has 0 N–H and O–H groups in total. The second-order valence-electron chi connectivity index (χ2n) is 5.87. The lowest BCUT2D eigenvalue weighted by Gasteiger charge is -2.32. The number of para-hydroxylation sites is 2. The molecule has 0 radical (unpaired) electrons. The highest BCUT2D eigenvalue weighted by Gasteiger charge is 2.35. The van der Waals surface area contributed by atoms with E-state index in [-0.39, 0.29) is 18.9 Å². The number of hydrogen-bond acceptors (Lipinski definition) is 5. The van der Waals surface area contributed by atoms with E-state index in [1.807, 2.05) is 24.3 Å². The van der Waals surface area contributed by atoms with Gasteiger partial charge in [0.15, 0.2) is 0 Å². The van der Waals surface area contributed by atoms with Crippen molar-refractivity contribution in [2.45, 2.75) is 6.42 Å². The van der Waals surface area contributed by atoms with E-state index in [2.05, 4.69) is 4.90 Å². The minimum atomic E-state index is -4.57. The lowest BCUT2D eigenvalue weighted by atomic mass is 10.1. The quantitative estimate of drug-likeness (QED) is 0.769. The Kier molecular flexibility index (Phi) is 4.54. The number of carbonyl (C=O) groups excluding carboxylic acids is 1. The average molecular weight is 342 g/mol. The number of ether oxygens (including phenoxy) is 1. The van der Waals surface area contributed by atoms with Crippen LogP contribution < -0.4 is 9.80 Å². The third-order valence-corrected chi connectivity index (χ3v) is 5.03. The number of halogens is 1. The maximum absolute atomic E-state index is 12.9. The zero-order valence-corrected chi connectivity index (χ0v) is 13.5. The van der Waals surface area contributed by atoms with Crippen LogP contribution in [0.25, 0.3) is 0 Å². The summed E-state index contributed by atoms with van der Waals surface area (Å²) in [6.07, 6.45) is 0.0561. The minimum Gasteiger partial charge on any atom is -0.378 e. The molecule has 2 aliphatic heterocycles. The third kappa shape index (κ3) is 3.81. The molecule has 2 heterocycles. The van der Waals surface area contributed by atoms with Crippen LogP contribution in [0.1, 0.15) is 6.42 Å². The molecule has 8 heteroatoms. The predicted molar refractivity (Wildman–Crippen MR) is 84.8 cm³/mol. The summed E-state index contributed by atoms with van der Waals surface area (Å²) in [5.74, 6) is -1.27. The molecule has 23 heavy (non-hydrogen) atoms. The third-order valence-electron chi connectivity index (χ3n) is 4.16. The van der Waals surface area contributed by atoms with E-state index in [9.17, 15) is 17.1 Å². The van der Waals surface area contributed by atoms with Gasteiger partial charge in [-0.3, -0.25) is 4.79 Å². The fraction of sp³-hybridized carbons (Fsp3) is 0.533. The molecule has 0 aromatic heterocycles. The first-order valence-electron chi connectivity index (χ1n) is 7.58. The van der Waals surface area contributed by atoms with Crippen molar-refractivity contribution in [3.05, 3.63) is 24.3 Å². The maximum atomic E-state index is 12.9. The van der Waals surface area contributed by atoms with Crippen molar-refractivity contribution in [3.8, 4) is 0 Å². The number of nitrogens with zero attached hydrogens (tertiary/aromatic N) is 2. The van der Waals surface area contributed by atoms with E-state index < -0.39 is 21.9 Å². The number of amides is 1. The van der Waals surface area contributed by atoms with Crippen molar-refractivity contribution in [2.24, 2.45) is 5.92 Å². The van der Waals surface area contributed by atoms with Crippen LogP contribution in [0.5, 0.6) is 0 Å². The van der Waals surface area contributed by atoms with Gasteiger partial charge in [0.1, 0.15) is 0 Å². The molecule has 2 aliphatic rings. The molecule has 2 saturated heterocycles. The average Bonchev–Trinajstić information content (AvgIpc) is 2.86. The van der Waals surface area contributed by atoms with Crippen molar-refractivity contribution in [1.82, 2.24) is 0 Å².